The van der Waals surface area contributed by atoms with Crippen molar-refractivity contribution in [1.29, 1.82) is 0 Å². The fraction of sp³-hybridized carbons (Fsp3) is 0.400. The van der Waals surface area contributed by atoms with E-state index in [1.807, 2.05) is 0 Å². The highest BCUT2D eigenvalue weighted by Gasteiger charge is 2.35. The molecule has 0 radical (unpaired) electrons. The molecule has 11 nitrogen and oxygen atoms in total. The van der Waals surface area contributed by atoms with Gasteiger partial charge in [-0.15, -0.1) is 5.10 Å². The Labute approximate surface area is 189 Å². The summed E-state index contributed by atoms with van der Waals surface area (Å²) in [5.74, 6) is 0.834. The van der Waals surface area contributed by atoms with E-state index in [-0.39, 0.29) is 30.5 Å². The standard InChI is InChI=1S/C20H24ClN7O4/c1-5-15(29)28-7-11(14(9-28)30-3)10-32-19-16-12(21)6-22-17(16)24-20(25-19)23-13-8-27(2)26-18(13)31-4/h5-6,8,11,14H,1,7,9-10H2,2-4H3,(H2,22,23,24,25). The zero-order valence-electron chi connectivity index (χ0n) is 18.0. The van der Waals surface area contributed by atoms with Gasteiger partial charge in [-0.3, -0.25) is 9.48 Å². The molecule has 1 aliphatic heterocycles. The minimum absolute atomic E-state index is 0.0403. The predicted molar refractivity (Wildman–Crippen MR) is 119 cm³/mol. The lowest BCUT2D eigenvalue weighted by Crippen LogP contribution is -2.28. The summed E-state index contributed by atoms with van der Waals surface area (Å²) in [7, 11) is 4.94. The van der Waals surface area contributed by atoms with E-state index in [0.29, 0.717) is 46.6 Å². The van der Waals surface area contributed by atoms with Gasteiger partial charge in [0.2, 0.25) is 17.7 Å². The van der Waals surface area contributed by atoms with Gasteiger partial charge in [0, 0.05) is 39.4 Å². The summed E-state index contributed by atoms with van der Waals surface area (Å²) in [6, 6.07) is 0. The molecule has 12 heteroatoms. The number of halogens is 1. The number of nitrogens with one attached hydrogen (secondary N) is 2. The van der Waals surface area contributed by atoms with E-state index in [1.54, 1.807) is 36.1 Å². The number of hydrogen-bond acceptors (Lipinski definition) is 8. The Morgan fingerprint density at radius 2 is 2.19 bits per heavy atom. The normalized spacial score (nSPS) is 18.2. The fourth-order valence-corrected chi connectivity index (χ4v) is 3.94. The molecule has 2 unspecified atom stereocenters. The van der Waals surface area contributed by atoms with Crippen LogP contribution in [-0.4, -0.2) is 75.6 Å². The first-order valence-corrected chi connectivity index (χ1v) is 10.3. The number of carbonyl (C=O) groups excluding carboxylic acids is 1. The summed E-state index contributed by atoms with van der Waals surface area (Å²) in [4.78, 5) is 25.7. The first kappa shape index (κ1) is 21.9. The molecule has 1 fully saturated rings. The van der Waals surface area contributed by atoms with Crippen LogP contribution in [0.3, 0.4) is 0 Å². The molecular weight excluding hydrogens is 438 g/mol. The number of aromatic amines is 1. The average Bonchev–Trinajstić information content (AvgIpc) is 3.48. The van der Waals surface area contributed by atoms with Crippen molar-refractivity contribution in [2.45, 2.75) is 6.10 Å². The first-order chi connectivity index (χ1) is 15.4. The zero-order valence-corrected chi connectivity index (χ0v) is 18.7. The number of rotatable bonds is 8. The number of nitrogens with zero attached hydrogens (tertiary/aromatic N) is 5. The van der Waals surface area contributed by atoms with Crippen LogP contribution in [0.15, 0.2) is 25.0 Å². The van der Waals surface area contributed by atoms with Crippen molar-refractivity contribution < 1.29 is 19.0 Å². The van der Waals surface area contributed by atoms with Crippen LogP contribution in [0.25, 0.3) is 11.0 Å². The number of amides is 1. The second-order valence-corrected chi connectivity index (χ2v) is 7.76. The van der Waals surface area contributed by atoms with Crippen molar-refractivity contribution in [3.63, 3.8) is 0 Å². The number of aromatic nitrogens is 5. The van der Waals surface area contributed by atoms with Gasteiger partial charge in [-0.1, -0.05) is 18.2 Å². The summed E-state index contributed by atoms with van der Waals surface area (Å²) in [6.07, 6.45) is 4.52. The number of carbonyl (C=O) groups is 1. The molecule has 2 N–H and O–H groups in total. The lowest BCUT2D eigenvalue weighted by atomic mass is 10.1. The Morgan fingerprint density at radius 1 is 1.38 bits per heavy atom. The molecule has 1 amide bonds. The maximum absolute atomic E-state index is 12.0. The van der Waals surface area contributed by atoms with Crippen LogP contribution in [0.2, 0.25) is 5.02 Å². The third-order valence-electron chi connectivity index (χ3n) is 5.29. The highest BCUT2D eigenvalue weighted by molar-refractivity contribution is 6.35. The first-order valence-electron chi connectivity index (χ1n) is 9.89. The third kappa shape index (κ3) is 4.21. The number of methoxy groups -OCH3 is 2. The van der Waals surface area contributed by atoms with Gasteiger partial charge in [0.05, 0.1) is 36.4 Å². The molecule has 4 heterocycles. The second-order valence-electron chi connectivity index (χ2n) is 7.36. The number of hydrogen-bond donors (Lipinski definition) is 2. The Morgan fingerprint density at radius 3 is 2.91 bits per heavy atom. The van der Waals surface area contributed by atoms with E-state index in [2.05, 4.69) is 31.9 Å². The monoisotopic (exact) mass is 461 g/mol. The lowest BCUT2D eigenvalue weighted by Gasteiger charge is -2.17. The smallest absolute Gasteiger partial charge is 0.256 e. The molecule has 0 spiro atoms. The van der Waals surface area contributed by atoms with Gasteiger partial charge in [0.1, 0.15) is 11.3 Å². The summed E-state index contributed by atoms with van der Waals surface area (Å²) >= 11 is 6.34. The molecular formula is C20H24ClN7O4. The summed E-state index contributed by atoms with van der Waals surface area (Å²) in [5.41, 5.74) is 1.12. The highest BCUT2D eigenvalue weighted by atomic mass is 35.5. The molecule has 0 bridgehead atoms. The van der Waals surface area contributed by atoms with Gasteiger partial charge in [-0.25, -0.2) is 0 Å². The second kappa shape index (κ2) is 9.05. The number of ether oxygens (including phenoxy) is 3. The predicted octanol–water partition coefficient (Wildman–Crippen LogP) is 2.14. The minimum Gasteiger partial charge on any atom is -0.478 e. The van der Waals surface area contributed by atoms with Crippen LogP contribution in [0.1, 0.15) is 0 Å². The molecule has 1 saturated heterocycles. The largest absolute Gasteiger partial charge is 0.478 e. The van der Waals surface area contributed by atoms with Gasteiger partial charge in [0.15, 0.2) is 0 Å². The van der Waals surface area contributed by atoms with E-state index in [4.69, 9.17) is 25.8 Å². The number of H-pyrrole nitrogens is 1. The topological polar surface area (TPSA) is 119 Å². The van der Waals surface area contributed by atoms with Gasteiger partial charge in [0.25, 0.3) is 5.88 Å². The lowest BCUT2D eigenvalue weighted by molar-refractivity contribution is -0.125. The maximum Gasteiger partial charge on any atom is 0.256 e. The van der Waals surface area contributed by atoms with Gasteiger partial charge in [-0.2, -0.15) is 9.97 Å². The Bertz CT molecular complexity index is 1140. The molecule has 3 aromatic heterocycles. The van der Waals surface area contributed by atoms with Gasteiger partial charge < -0.3 is 29.4 Å². The van der Waals surface area contributed by atoms with Crippen LogP contribution in [-0.2, 0) is 16.6 Å². The van der Waals surface area contributed by atoms with Crippen LogP contribution < -0.4 is 14.8 Å². The van der Waals surface area contributed by atoms with E-state index in [0.717, 1.165) is 0 Å². The number of aryl methyl sites for hydroxylation is 1. The minimum atomic E-state index is -0.157. The third-order valence-corrected chi connectivity index (χ3v) is 5.59. The van der Waals surface area contributed by atoms with Gasteiger partial charge >= 0.3 is 0 Å². The van der Waals surface area contributed by atoms with Crippen molar-refractivity contribution in [2.75, 3.05) is 39.2 Å². The molecule has 32 heavy (non-hydrogen) atoms. The van der Waals surface area contributed by atoms with Gasteiger partial charge in [-0.05, 0) is 6.08 Å². The molecule has 1 aliphatic rings. The van der Waals surface area contributed by atoms with Crippen LogP contribution in [0.5, 0.6) is 11.8 Å². The Kier molecular flexibility index (Phi) is 6.19. The van der Waals surface area contributed by atoms with Crippen molar-refractivity contribution in [1.82, 2.24) is 29.6 Å². The number of likely N-dealkylation sites (tertiary alicyclic amines) is 1. The zero-order chi connectivity index (χ0) is 22.8. The average molecular weight is 462 g/mol. The van der Waals surface area contributed by atoms with E-state index < -0.39 is 0 Å². The van der Waals surface area contributed by atoms with Crippen LogP contribution >= 0.6 is 11.6 Å². The summed E-state index contributed by atoms with van der Waals surface area (Å²) in [5, 5.41) is 8.33. The fourth-order valence-electron chi connectivity index (χ4n) is 3.71. The Balaban J connectivity index is 1.58. The van der Waals surface area contributed by atoms with E-state index in [9.17, 15) is 4.79 Å². The highest BCUT2D eigenvalue weighted by Crippen LogP contribution is 2.33. The summed E-state index contributed by atoms with van der Waals surface area (Å²) < 4.78 is 18.5. The van der Waals surface area contributed by atoms with Crippen LogP contribution in [0.4, 0.5) is 11.6 Å². The molecule has 0 aromatic carbocycles. The molecule has 0 aliphatic carbocycles. The quantitative estimate of drug-likeness (QED) is 0.489. The van der Waals surface area contributed by atoms with Crippen LogP contribution in [0, 0.1) is 5.92 Å². The van der Waals surface area contributed by atoms with E-state index in [1.165, 1.54) is 13.2 Å². The molecule has 170 valence electrons. The molecule has 4 rings (SSSR count). The number of anilines is 2. The van der Waals surface area contributed by atoms with E-state index >= 15 is 0 Å². The van der Waals surface area contributed by atoms with Crippen molar-refractivity contribution >= 4 is 40.2 Å². The van der Waals surface area contributed by atoms with Crippen molar-refractivity contribution in [2.24, 2.45) is 13.0 Å². The molecule has 2 atom stereocenters. The SMILES string of the molecule is C=CC(=O)N1CC(COc2nc(Nc3cn(C)nc3OC)nc3[nH]cc(Cl)c23)C(OC)C1. The van der Waals surface area contributed by atoms with Crippen molar-refractivity contribution in [3.05, 3.63) is 30.1 Å². The maximum atomic E-state index is 12.0. The summed E-state index contributed by atoms with van der Waals surface area (Å²) in [6.45, 7) is 4.81. The number of fused-ring (bicyclic) bond motifs is 1. The molecule has 3 aromatic rings. The molecule has 0 saturated carbocycles. The van der Waals surface area contributed by atoms with Crippen molar-refractivity contribution in [3.8, 4) is 11.8 Å². The Hall–Kier alpha value is -3.31.